The molecule has 0 aliphatic carbocycles. The predicted octanol–water partition coefficient (Wildman–Crippen LogP) is -0.501. The van der Waals surface area contributed by atoms with Crippen LogP contribution in [0.15, 0.2) is 20.3 Å². The Morgan fingerprint density at radius 1 is 1.56 bits per heavy atom. The van der Waals surface area contributed by atoms with Crippen molar-refractivity contribution in [3.8, 4) is 0 Å². The quantitative estimate of drug-likeness (QED) is 0.755. The van der Waals surface area contributed by atoms with E-state index in [0.29, 0.717) is 0 Å². The molecule has 0 aliphatic heterocycles. The molecule has 1 heterocycles. The number of nitrogens with zero attached hydrogens (tertiary/aromatic N) is 2. The summed E-state index contributed by atoms with van der Waals surface area (Å²) in [6, 6.07) is -0.675. The van der Waals surface area contributed by atoms with E-state index >= 15 is 0 Å². The molecular weight excluding hydrogens is 308 g/mol. The third-order valence-corrected chi connectivity index (χ3v) is 2.92. The zero-order valence-electron chi connectivity index (χ0n) is 9.92. The maximum atomic E-state index is 12.0. The Morgan fingerprint density at radius 3 is 2.67 bits per heavy atom. The summed E-state index contributed by atoms with van der Waals surface area (Å²) in [6.07, 6.45) is 1.22. The Kier molecular flexibility index (Phi) is 4.85. The molecule has 1 rings (SSSR count). The fourth-order valence-electron chi connectivity index (χ4n) is 1.37. The number of aliphatic hydroxyl groups is 1. The molecule has 0 fully saturated rings. The van der Waals surface area contributed by atoms with E-state index in [9.17, 15) is 14.4 Å². The molecular formula is C10H13BrN2O5. The van der Waals surface area contributed by atoms with Crippen LogP contribution in [0.3, 0.4) is 0 Å². The molecule has 0 bridgehead atoms. The number of esters is 1. The average molecular weight is 321 g/mol. The fourth-order valence-corrected chi connectivity index (χ4v) is 1.81. The molecule has 0 saturated heterocycles. The van der Waals surface area contributed by atoms with E-state index in [2.05, 4.69) is 20.7 Å². The first-order chi connectivity index (χ1) is 8.42. The highest BCUT2D eigenvalue weighted by Gasteiger charge is 2.16. The van der Waals surface area contributed by atoms with Crippen LogP contribution in [0.25, 0.3) is 0 Å². The molecule has 0 amide bonds. The number of methoxy groups -OCH3 is 1. The summed E-state index contributed by atoms with van der Waals surface area (Å²) in [7, 11) is 1.20. The molecule has 0 radical (unpaired) electrons. The third-order valence-electron chi connectivity index (χ3n) is 2.38. The van der Waals surface area contributed by atoms with Gasteiger partial charge in [0.05, 0.1) is 24.2 Å². The normalized spacial score (nSPS) is 12.2. The number of aromatic nitrogens is 2. The summed E-state index contributed by atoms with van der Waals surface area (Å²) < 4.78 is 6.51. The summed E-state index contributed by atoms with van der Waals surface area (Å²) >= 11 is 3.01. The van der Waals surface area contributed by atoms with E-state index in [4.69, 9.17) is 5.11 Å². The van der Waals surface area contributed by atoms with Crippen molar-refractivity contribution in [3.05, 3.63) is 31.5 Å². The van der Waals surface area contributed by atoms with Gasteiger partial charge in [-0.3, -0.25) is 18.7 Å². The summed E-state index contributed by atoms with van der Waals surface area (Å²) in [6.45, 7) is 0.869. The number of hydrogen-bond donors (Lipinski definition) is 1. The van der Waals surface area contributed by atoms with Gasteiger partial charge in [-0.2, -0.15) is 0 Å². The number of ether oxygens (including phenoxy) is 1. The minimum Gasteiger partial charge on any atom is -0.468 e. The molecule has 8 heteroatoms. The molecule has 100 valence electrons. The molecule has 0 aliphatic rings. The zero-order chi connectivity index (χ0) is 13.9. The molecule has 1 aromatic heterocycles. The van der Waals surface area contributed by atoms with Crippen molar-refractivity contribution in [3.63, 3.8) is 0 Å². The number of rotatable bonds is 4. The Labute approximate surface area is 111 Å². The van der Waals surface area contributed by atoms with Crippen molar-refractivity contribution >= 4 is 21.9 Å². The van der Waals surface area contributed by atoms with Gasteiger partial charge < -0.3 is 9.84 Å². The smallest absolute Gasteiger partial charge is 0.331 e. The van der Waals surface area contributed by atoms with Gasteiger partial charge in [-0.05, 0) is 22.9 Å². The topological polar surface area (TPSA) is 90.5 Å². The zero-order valence-corrected chi connectivity index (χ0v) is 11.5. The summed E-state index contributed by atoms with van der Waals surface area (Å²) in [5.74, 6) is -0.606. The van der Waals surface area contributed by atoms with Crippen LogP contribution >= 0.6 is 15.9 Å². The lowest BCUT2D eigenvalue weighted by molar-refractivity contribution is -0.141. The molecule has 0 aromatic carbocycles. The van der Waals surface area contributed by atoms with Crippen molar-refractivity contribution in [2.75, 3.05) is 13.7 Å². The standard InChI is InChI=1S/C10H13BrN2O5/c1-6(5-14)13-9(16)7(11)3-12(10(13)17)4-8(15)18-2/h3,6,14H,4-5H2,1-2H3. The number of carbonyl (C=O) groups is 1. The van der Waals surface area contributed by atoms with Gasteiger partial charge in [-0.25, -0.2) is 4.79 Å². The predicted molar refractivity (Wildman–Crippen MR) is 66.5 cm³/mol. The highest BCUT2D eigenvalue weighted by molar-refractivity contribution is 9.10. The largest absolute Gasteiger partial charge is 0.468 e. The van der Waals surface area contributed by atoms with Crippen molar-refractivity contribution < 1.29 is 14.6 Å². The van der Waals surface area contributed by atoms with Crippen LogP contribution in [0.5, 0.6) is 0 Å². The lowest BCUT2D eigenvalue weighted by atomic mass is 10.3. The van der Waals surface area contributed by atoms with Crippen molar-refractivity contribution in [2.24, 2.45) is 0 Å². The minimum atomic E-state index is -0.675. The van der Waals surface area contributed by atoms with Crippen LogP contribution < -0.4 is 11.2 Å². The number of carbonyl (C=O) groups excluding carboxylic acids is 1. The summed E-state index contributed by atoms with van der Waals surface area (Å²) in [4.78, 5) is 34.9. The fraction of sp³-hybridized carbons (Fsp3) is 0.500. The lowest BCUT2D eigenvalue weighted by Gasteiger charge is -2.14. The number of hydrogen-bond acceptors (Lipinski definition) is 5. The second kappa shape index (κ2) is 5.96. The van der Waals surface area contributed by atoms with Crippen LogP contribution in [0.2, 0.25) is 0 Å². The first-order valence-corrected chi connectivity index (χ1v) is 5.90. The Hall–Kier alpha value is -1.41. The highest BCUT2D eigenvalue weighted by Crippen LogP contribution is 2.03. The van der Waals surface area contributed by atoms with Crippen LogP contribution in [0, 0.1) is 0 Å². The van der Waals surface area contributed by atoms with Gasteiger partial charge in [0.25, 0.3) is 5.56 Å². The lowest BCUT2D eigenvalue weighted by Crippen LogP contribution is -2.43. The maximum Gasteiger partial charge on any atom is 0.331 e. The van der Waals surface area contributed by atoms with Gasteiger partial charge in [-0.1, -0.05) is 0 Å². The third kappa shape index (κ3) is 2.88. The average Bonchev–Trinajstić information content (AvgIpc) is 2.35. The second-order valence-electron chi connectivity index (χ2n) is 3.67. The van der Waals surface area contributed by atoms with Crippen molar-refractivity contribution in [1.29, 1.82) is 0 Å². The van der Waals surface area contributed by atoms with E-state index < -0.39 is 23.3 Å². The van der Waals surface area contributed by atoms with Crippen molar-refractivity contribution in [1.82, 2.24) is 9.13 Å². The van der Waals surface area contributed by atoms with Crippen LogP contribution in [-0.4, -0.2) is 33.9 Å². The molecule has 0 spiro atoms. The summed E-state index contributed by atoms with van der Waals surface area (Å²) in [5, 5.41) is 9.03. The van der Waals surface area contributed by atoms with E-state index in [-0.39, 0.29) is 17.6 Å². The molecule has 1 atom stereocenters. The van der Waals surface area contributed by atoms with Crippen LogP contribution in [0.4, 0.5) is 0 Å². The van der Waals surface area contributed by atoms with Gasteiger partial charge in [0.15, 0.2) is 0 Å². The molecule has 1 unspecified atom stereocenters. The van der Waals surface area contributed by atoms with Crippen molar-refractivity contribution in [2.45, 2.75) is 19.5 Å². The van der Waals surface area contributed by atoms with Crippen LogP contribution in [0.1, 0.15) is 13.0 Å². The van der Waals surface area contributed by atoms with Gasteiger partial charge in [-0.15, -0.1) is 0 Å². The van der Waals surface area contributed by atoms with Gasteiger partial charge >= 0.3 is 11.7 Å². The first kappa shape index (κ1) is 14.7. The Balaban J connectivity index is 3.40. The van der Waals surface area contributed by atoms with E-state index in [0.717, 1.165) is 9.13 Å². The molecule has 0 saturated carbocycles. The number of aliphatic hydroxyl groups excluding tert-OH is 1. The SMILES string of the molecule is COC(=O)Cn1cc(Br)c(=O)n(C(C)CO)c1=O. The first-order valence-electron chi connectivity index (χ1n) is 5.11. The molecule has 1 N–H and O–H groups in total. The molecule has 18 heavy (non-hydrogen) atoms. The van der Waals surface area contributed by atoms with Gasteiger partial charge in [0.2, 0.25) is 0 Å². The Bertz CT molecular complexity index is 562. The van der Waals surface area contributed by atoms with E-state index in [1.165, 1.54) is 20.2 Å². The van der Waals surface area contributed by atoms with Gasteiger partial charge in [0.1, 0.15) is 6.54 Å². The van der Waals surface area contributed by atoms with Crippen LogP contribution in [-0.2, 0) is 16.1 Å². The van der Waals surface area contributed by atoms with E-state index in [1.54, 1.807) is 0 Å². The Morgan fingerprint density at radius 2 is 2.17 bits per heavy atom. The molecule has 7 nitrogen and oxygen atoms in total. The minimum absolute atomic E-state index is 0.131. The number of halogens is 1. The molecule has 1 aromatic rings. The van der Waals surface area contributed by atoms with Gasteiger partial charge in [0, 0.05) is 6.20 Å². The second-order valence-corrected chi connectivity index (χ2v) is 4.52. The highest BCUT2D eigenvalue weighted by atomic mass is 79.9. The van der Waals surface area contributed by atoms with E-state index in [1.807, 2.05) is 0 Å². The summed E-state index contributed by atoms with van der Waals surface area (Å²) in [5.41, 5.74) is -1.22. The monoisotopic (exact) mass is 320 g/mol. The maximum absolute atomic E-state index is 12.0.